The Bertz CT molecular complexity index is 763. The van der Waals surface area contributed by atoms with E-state index in [1.165, 1.54) is 12.1 Å². The average Bonchev–Trinajstić information content (AvgIpc) is 3.10. The van der Waals surface area contributed by atoms with Crippen LogP contribution in [-0.2, 0) is 15.4 Å². The summed E-state index contributed by atoms with van der Waals surface area (Å²) in [7, 11) is -3.21. The van der Waals surface area contributed by atoms with Gasteiger partial charge in [0.15, 0.2) is 0 Å². The van der Waals surface area contributed by atoms with E-state index in [4.69, 9.17) is 0 Å². The van der Waals surface area contributed by atoms with Gasteiger partial charge in [-0.05, 0) is 43.0 Å². The molecule has 0 aliphatic heterocycles. The molecule has 4 nitrogen and oxygen atoms in total. The molecule has 1 fully saturated rings. The van der Waals surface area contributed by atoms with Crippen molar-refractivity contribution in [3.8, 4) is 0 Å². The van der Waals surface area contributed by atoms with E-state index in [9.17, 15) is 12.8 Å². The first kappa shape index (κ1) is 14.5. The van der Waals surface area contributed by atoms with Gasteiger partial charge in [0.1, 0.15) is 5.82 Å². The second-order valence-corrected chi connectivity index (χ2v) is 7.74. The van der Waals surface area contributed by atoms with Gasteiger partial charge in [-0.2, -0.15) is 0 Å². The maximum Gasteiger partial charge on any atom is 0.211 e. The molecule has 0 bridgehead atoms. The molecule has 6 heteroatoms. The summed E-state index contributed by atoms with van der Waals surface area (Å²) in [6.45, 7) is 2.23. The van der Waals surface area contributed by atoms with Crippen LogP contribution in [0.5, 0.6) is 0 Å². The smallest absolute Gasteiger partial charge is 0.211 e. The third-order valence-electron chi connectivity index (χ3n) is 4.17. The van der Waals surface area contributed by atoms with Gasteiger partial charge in [-0.3, -0.25) is 0 Å². The molecule has 0 spiro atoms. The van der Waals surface area contributed by atoms with E-state index in [-0.39, 0.29) is 17.0 Å². The summed E-state index contributed by atoms with van der Waals surface area (Å²) in [4.78, 5) is 3.14. The lowest BCUT2D eigenvalue weighted by Crippen LogP contribution is -2.33. The number of fused-ring (bicyclic) bond motifs is 1. The highest BCUT2D eigenvalue weighted by Crippen LogP contribution is 2.50. The standard InChI is InChI=1S/C15H19FN2O2S/c1-2-7-21(19,20)18-10-15(5-6-15)13-9-17-14-4-3-11(16)8-12(13)14/h3-4,8-9,17-18H,2,5-7,10H2,1H3. The molecule has 1 aliphatic carbocycles. The highest BCUT2D eigenvalue weighted by molar-refractivity contribution is 7.89. The zero-order valence-electron chi connectivity index (χ0n) is 11.9. The highest BCUT2D eigenvalue weighted by atomic mass is 32.2. The van der Waals surface area contributed by atoms with Crippen molar-refractivity contribution in [2.24, 2.45) is 0 Å². The fourth-order valence-corrected chi connectivity index (χ4v) is 3.99. The number of hydrogen-bond donors (Lipinski definition) is 2. The minimum absolute atomic E-state index is 0.144. The summed E-state index contributed by atoms with van der Waals surface area (Å²) in [6, 6.07) is 4.65. The van der Waals surface area contributed by atoms with Crippen LogP contribution in [0.15, 0.2) is 24.4 Å². The average molecular weight is 310 g/mol. The molecule has 2 aromatic rings. The number of hydrogen-bond acceptors (Lipinski definition) is 2. The summed E-state index contributed by atoms with van der Waals surface area (Å²) in [5.74, 6) is -0.128. The van der Waals surface area contributed by atoms with Crippen molar-refractivity contribution >= 4 is 20.9 Å². The molecule has 21 heavy (non-hydrogen) atoms. The Morgan fingerprint density at radius 1 is 1.38 bits per heavy atom. The molecule has 114 valence electrons. The second kappa shape index (κ2) is 5.10. The lowest BCUT2D eigenvalue weighted by molar-refractivity contribution is 0.566. The van der Waals surface area contributed by atoms with E-state index >= 15 is 0 Å². The Kier molecular flexibility index (Phi) is 3.53. The van der Waals surface area contributed by atoms with Crippen molar-refractivity contribution < 1.29 is 12.8 Å². The van der Waals surface area contributed by atoms with Crippen molar-refractivity contribution in [2.45, 2.75) is 31.6 Å². The molecule has 1 heterocycles. The predicted octanol–water partition coefficient (Wildman–Crippen LogP) is 2.67. The topological polar surface area (TPSA) is 62.0 Å². The fraction of sp³-hybridized carbons (Fsp3) is 0.467. The fourth-order valence-electron chi connectivity index (χ4n) is 2.81. The Labute approximate surface area is 123 Å². The zero-order chi connectivity index (χ0) is 15.1. The largest absolute Gasteiger partial charge is 0.361 e. The van der Waals surface area contributed by atoms with Gasteiger partial charge in [0.05, 0.1) is 5.75 Å². The van der Waals surface area contributed by atoms with Crippen molar-refractivity contribution in [2.75, 3.05) is 12.3 Å². The molecule has 0 unspecified atom stereocenters. The maximum atomic E-state index is 13.5. The van der Waals surface area contributed by atoms with Gasteiger partial charge in [0.2, 0.25) is 10.0 Å². The van der Waals surface area contributed by atoms with Crippen LogP contribution in [0.1, 0.15) is 31.7 Å². The van der Waals surface area contributed by atoms with Crippen LogP contribution in [0, 0.1) is 5.82 Å². The van der Waals surface area contributed by atoms with Crippen LogP contribution >= 0.6 is 0 Å². The monoisotopic (exact) mass is 310 g/mol. The number of sulfonamides is 1. The highest BCUT2D eigenvalue weighted by Gasteiger charge is 2.46. The SMILES string of the molecule is CCCS(=O)(=O)NCC1(c2c[nH]c3ccc(F)cc23)CC1. The van der Waals surface area contributed by atoms with Crippen molar-refractivity contribution in [1.29, 1.82) is 0 Å². The molecule has 1 aromatic carbocycles. The Hall–Kier alpha value is -1.40. The molecule has 2 N–H and O–H groups in total. The summed E-state index contributed by atoms with van der Waals surface area (Å²) in [6.07, 6.45) is 4.32. The van der Waals surface area contributed by atoms with E-state index in [1.807, 2.05) is 13.1 Å². The van der Waals surface area contributed by atoms with E-state index in [2.05, 4.69) is 9.71 Å². The summed E-state index contributed by atoms with van der Waals surface area (Å²) >= 11 is 0. The first-order valence-electron chi connectivity index (χ1n) is 7.20. The Balaban J connectivity index is 1.86. The molecule has 0 atom stereocenters. The van der Waals surface area contributed by atoms with Gasteiger partial charge in [-0.25, -0.2) is 17.5 Å². The summed E-state index contributed by atoms with van der Waals surface area (Å²) < 4.78 is 39.8. The first-order valence-corrected chi connectivity index (χ1v) is 8.85. The van der Waals surface area contributed by atoms with Gasteiger partial charge in [0, 0.05) is 29.1 Å². The van der Waals surface area contributed by atoms with Gasteiger partial charge in [-0.15, -0.1) is 0 Å². The number of aromatic amines is 1. The molecular weight excluding hydrogens is 291 g/mol. The molecule has 0 radical (unpaired) electrons. The molecule has 3 rings (SSSR count). The first-order chi connectivity index (χ1) is 9.96. The van der Waals surface area contributed by atoms with Gasteiger partial charge >= 0.3 is 0 Å². The molecule has 0 amide bonds. The number of benzene rings is 1. The van der Waals surface area contributed by atoms with Gasteiger partial charge < -0.3 is 4.98 Å². The number of rotatable bonds is 6. The lowest BCUT2D eigenvalue weighted by atomic mass is 9.96. The van der Waals surface area contributed by atoms with Crippen molar-refractivity contribution in [3.63, 3.8) is 0 Å². The molecule has 1 aliphatic rings. The van der Waals surface area contributed by atoms with Crippen LogP contribution in [0.4, 0.5) is 4.39 Å². The van der Waals surface area contributed by atoms with Crippen LogP contribution in [0.2, 0.25) is 0 Å². The maximum absolute atomic E-state index is 13.5. The molecule has 0 saturated heterocycles. The third-order valence-corrected chi connectivity index (χ3v) is 5.70. The van der Waals surface area contributed by atoms with Crippen molar-refractivity contribution in [1.82, 2.24) is 9.71 Å². The van der Waals surface area contributed by atoms with Crippen LogP contribution in [0.25, 0.3) is 10.9 Å². The number of halogens is 1. The predicted molar refractivity (Wildman–Crippen MR) is 81.2 cm³/mol. The van der Waals surface area contributed by atoms with Crippen LogP contribution in [-0.4, -0.2) is 25.7 Å². The van der Waals surface area contributed by atoms with E-state index in [0.29, 0.717) is 13.0 Å². The lowest BCUT2D eigenvalue weighted by Gasteiger charge is -2.15. The molecule has 1 saturated carbocycles. The number of aromatic nitrogens is 1. The normalized spacial score (nSPS) is 17.2. The van der Waals surface area contributed by atoms with Gasteiger partial charge in [-0.1, -0.05) is 6.92 Å². The number of H-pyrrole nitrogens is 1. The summed E-state index contributed by atoms with van der Waals surface area (Å²) in [5.41, 5.74) is 1.71. The van der Waals surface area contributed by atoms with E-state index in [0.717, 1.165) is 29.3 Å². The third kappa shape index (κ3) is 2.82. The number of nitrogens with one attached hydrogen (secondary N) is 2. The van der Waals surface area contributed by atoms with E-state index in [1.54, 1.807) is 6.07 Å². The minimum atomic E-state index is -3.21. The minimum Gasteiger partial charge on any atom is -0.361 e. The second-order valence-electron chi connectivity index (χ2n) is 5.81. The van der Waals surface area contributed by atoms with E-state index < -0.39 is 10.0 Å². The Morgan fingerprint density at radius 3 is 2.81 bits per heavy atom. The molecular formula is C15H19FN2O2S. The van der Waals surface area contributed by atoms with Gasteiger partial charge in [0.25, 0.3) is 0 Å². The van der Waals surface area contributed by atoms with Crippen molar-refractivity contribution in [3.05, 3.63) is 35.8 Å². The quantitative estimate of drug-likeness (QED) is 0.861. The summed E-state index contributed by atoms with van der Waals surface area (Å²) in [5, 5.41) is 0.849. The Morgan fingerprint density at radius 2 is 2.14 bits per heavy atom. The van der Waals surface area contributed by atoms with Crippen LogP contribution < -0.4 is 4.72 Å². The molecule has 1 aromatic heterocycles. The zero-order valence-corrected chi connectivity index (χ0v) is 12.8. The van der Waals surface area contributed by atoms with Crippen LogP contribution in [0.3, 0.4) is 0 Å².